The van der Waals surface area contributed by atoms with Gasteiger partial charge in [0.15, 0.2) is 11.6 Å². The van der Waals surface area contributed by atoms with E-state index in [1.807, 2.05) is 31.2 Å². The molecule has 8 nitrogen and oxygen atoms in total. The smallest absolute Gasteiger partial charge is 0.252 e. The van der Waals surface area contributed by atoms with Gasteiger partial charge in [-0.25, -0.2) is 9.37 Å². The number of amides is 1. The molecule has 9 heteroatoms. The zero-order valence-corrected chi connectivity index (χ0v) is 18.5. The van der Waals surface area contributed by atoms with E-state index in [9.17, 15) is 9.18 Å². The minimum Gasteiger partial charge on any atom is -0.497 e. The minimum absolute atomic E-state index is 0.00869. The first-order valence-electron chi connectivity index (χ1n) is 10.6. The molecule has 0 saturated heterocycles. The largest absolute Gasteiger partial charge is 0.497 e. The van der Waals surface area contributed by atoms with E-state index in [1.54, 1.807) is 13.3 Å². The number of carbonyl (C=O) groups excluding carboxylic acids is 1. The molecule has 0 radical (unpaired) electrons. The number of unbranched alkanes of at least 4 members (excludes halogenated alkanes) is 1. The lowest BCUT2D eigenvalue weighted by molar-refractivity contribution is 0.100. The van der Waals surface area contributed by atoms with E-state index in [4.69, 9.17) is 16.2 Å². The Balaban J connectivity index is 1.94. The fraction of sp³-hybridized carbons (Fsp3) is 0.348. The second-order valence-corrected chi connectivity index (χ2v) is 7.74. The molecule has 32 heavy (non-hydrogen) atoms. The molecule has 0 aliphatic carbocycles. The van der Waals surface area contributed by atoms with Crippen molar-refractivity contribution in [1.82, 2.24) is 9.97 Å². The summed E-state index contributed by atoms with van der Waals surface area (Å²) in [6.45, 7) is 3.94. The molecule has 2 aromatic heterocycles. The van der Waals surface area contributed by atoms with Gasteiger partial charge in [0.05, 0.1) is 30.1 Å². The highest BCUT2D eigenvalue weighted by atomic mass is 19.1. The molecule has 0 unspecified atom stereocenters. The summed E-state index contributed by atoms with van der Waals surface area (Å²) in [5.41, 5.74) is 12.8. The SMILES string of the molecule is CCCC[C@@H](Nc1nc(Nc2cnc3cc(OC)ccc3c2)c(C(N)=O)cc1F)[C@H](C)N. The van der Waals surface area contributed by atoms with Crippen LogP contribution in [0.5, 0.6) is 5.75 Å². The van der Waals surface area contributed by atoms with Gasteiger partial charge in [-0.05, 0) is 37.6 Å². The maximum atomic E-state index is 14.7. The van der Waals surface area contributed by atoms with Gasteiger partial charge in [0, 0.05) is 23.5 Å². The summed E-state index contributed by atoms with van der Waals surface area (Å²) in [5, 5.41) is 6.98. The monoisotopic (exact) mass is 440 g/mol. The normalized spacial score (nSPS) is 12.9. The third kappa shape index (κ3) is 5.42. The number of carbonyl (C=O) groups is 1. The molecule has 0 bridgehead atoms. The molecule has 0 spiro atoms. The predicted molar refractivity (Wildman–Crippen MR) is 125 cm³/mol. The van der Waals surface area contributed by atoms with Crippen LogP contribution in [0.4, 0.5) is 21.7 Å². The van der Waals surface area contributed by atoms with Crippen LogP contribution in [-0.4, -0.2) is 35.1 Å². The first-order valence-corrected chi connectivity index (χ1v) is 10.6. The molecule has 3 rings (SSSR count). The second-order valence-electron chi connectivity index (χ2n) is 7.74. The number of anilines is 3. The summed E-state index contributed by atoms with van der Waals surface area (Å²) in [6.07, 6.45) is 4.30. The lowest BCUT2D eigenvalue weighted by Gasteiger charge is -2.23. The molecule has 0 saturated carbocycles. The van der Waals surface area contributed by atoms with E-state index >= 15 is 0 Å². The van der Waals surface area contributed by atoms with Crippen molar-refractivity contribution in [1.29, 1.82) is 0 Å². The van der Waals surface area contributed by atoms with Crippen LogP contribution in [0.15, 0.2) is 36.5 Å². The molecule has 0 aliphatic rings. The molecule has 0 fully saturated rings. The highest BCUT2D eigenvalue weighted by Crippen LogP contribution is 2.27. The molecular weight excluding hydrogens is 411 g/mol. The first-order chi connectivity index (χ1) is 15.3. The fourth-order valence-electron chi connectivity index (χ4n) is 3.37. The number of nitrogens with one attached hydrogen (secondary N) is 2. The Hall–Kier alpha value is -3.46. The Kier molecular flexibility index (Phi) is 7.42. The zero-order chi connectivity index (χ0) is 23.3. The van der Waals surface area contributed by atoms with Crippen molar-refractivity contribution >= 4 is 34.1 Å². The van der Waals surface area contributed by atoms with Crippen LogP contribution in [0.3, 0.4) is 0 Å². The van der Waals surface area contributed by atoms with Gasteiger partial charge in [0.25, 0.3) is 5.91 Å². The van der Waals surface area contributed by atoms with Crippen molar-refractivity contribution in [3.05, 3.63) is 47.9 Å². The molecule has 6 N–H and O–H groups in total. The number of benzene rings is 1. The van der Waals surface area contributed by atoms with Gasteiger partial charge in [-0.3, -0.25) is 9.78 Å². The number of primary amides is 1. The van der Waals surface area contributed by atoms with Crippen molar-refractivity contribution in [2.45, 2.75) is 45.2 Å². The first kappa shape index (κ1) is 23.2. The molecule has 2 atom stereocenters. The van der Waals surface area contributed by atoms with Crippen LogP contribution in [0, 0.1) is 5.82 Å². The predicted octanol–water partition coefficient (Wildman–Crippen LogP) is 3.94. The van der Waals surface area contributed by atoms with Crippen molar-refractivity contribution in [3.8, 4) is 5.75 Å². The maximum absolute atomic E-state index is 14.7. The Morgan fingerprint density at radius 2 is 2.03 bits per heavy atom. The van der Waals surface area contributed by atoms with E-state index < -0.39 is 11.7 Å². The third-order valence-electron chi connectivity index (χ3n) is 5.22. The molecule has 0 aliphatic heterocycles. The third-order valence-corrected chi connectivity index (χ3v) is 5.22. The Bertz CT molecular complexity index is 1110. The molecule has 2 heterocycles. The van der Waals surface area contributed by atoms with Gasteiger partial charge in [0.1, 0.15) is 11.6 Å². The Morgan fingerprint density at radius 3 is 2.69 bits per heavy atom. The average molecular weight is 441 g/mol. The number of methoxy groups -OCH3 is 1. The van der Waals surface area contributed by atoms with Gasteiger partial charge in [-0.1, -0.05) is 19.8 Å². The quantitative estimate of drug-likeness (QED) is 0.376. The number of halogens is 1. The molecule has 1 amide bonds. The highest BCUT2D eigenvalue weighted by molar-refractivity contribution is 5.99. The summed E-state index contributed by atoms with van der Waals surface area (Å²) in [7, 11) is 1.59. The number of aromatic nitrogens is 2. The molecule has 1 aromatic carbocycles. The lowest BCUT2D eigenvalue weighted by atomic mass is 10.0. The van der Waals surface area contributed by atoms with Crippen LogP contribution >= 0.6 is 0 Å². The van der Waals surface area contributed by atoms with Gasteiger partial charge < -0.3 is 26.8 Å². The van der Waals surface area contributed by atoms with Crippen LogP contribution in [0.2, 0.25) is 0 Å². The van der Waals surface area contributed by atoms with E-state index in [0.29, 0.717) is 11.4 Å². The summed E-state index contributed by atoms with van der Waals surface area (Å²) in [4.78, 5) is 20.7. The number of hydrogen-bond acceptors (Lipinski definition) is 7. The van der Waals surface area contributed by atoms with Gasteiger partial charge in [0.2, 0.25) is 0 Å². The highest BCUT2D eigenvalue weighted by Gasteiger charge is 2.20. The topological polar surface area (TPSA) is 128 Å². The van der Waals surface area contributed by atoms with Crippen molar-refractivity contribution in [2.75, 3.05) is 17.7 Å². The van der Waals surface area contributed by atoms with Crippen LogP contribution in [0.1, 0.15) is 43.5 Å². The second kappa shape index (κ2) is 10.2. The summed E-state index contributed by atoms with van der Waals surface area (Å²) in [5.74, 6) is -0.623. The number of rotatable bonds is 10. The number of nitrogens with zero attached hydrogens (tertiary/aromatic N) is 2. The van der Waals surface area contributed by atoms with E-state index in [1.165, 1.54) is 0 Å². The number of nitrogens with two attached hydrogens (primary N) is 2. The molecule has 3 aromatic rings. The minimum atomic E-state index is -0.793. The average Bonchev–Trinajstić information content (AvgIpc) is 2.77. The van der Waals surface area contributed by atoms with E-state index in [2.05, 4.69) is 27.5 Å². The Morgan fingerprint density at radius 1 is 1.25 bits per heavy atom. The maximum Gasteiger partial charge on any atom is 0.252 e. The van der Waals surface area contributed by atoms with E-state index in [0.717, 1.165) is 36.2 Å². The fourth-order valence-corrected chi connectivity index (χ4v) is 3.37. The summed E-state index contributed by atoms with van der Waals surface area (Å²) < 4.78 is 19.9. The lowest BCUT2D eigenvalue weighted by Crippen LogP contribution is -2.38. The van der Waals surface area contributed by atoms with Crippen molar-refractivity contribution in [2.24, 2.45) is 11.5 Å². The molecular formula is C23H29FN6O2. The van der Waals surface area contributed by atoms with Crippen LogP contribution in [-0.2, 0) is 0 Å². The van der Waals surface area contributed by atoms with Gasteiger partial charge >= 0.3 is 0 Å². The standard InChI is InChI=1S/C23H29FN6O2/c1-4-5-6-19(13(2)25)29-23-18(24)11-17(21(26)31)22(30-23)28-15-9-14-7-8-16(32-3)10-20(14)27-12-15/h7-13,19H,4-6,25H2,1-3H3,(H2,26,31)(H2,28,29,30)/t13-,19+/m0/s1. The van der Waals surface area contributed by atoms with Gasteiger partial charge in [-0.2, -0.15) is 0 Å². The summed E-state index contributed by atoms with van der Waals surface area (Å²) in [6, 6.07) is 8.06. The number of fused-ring (bicyclic) bond motifs is 1. The van der Waals surface area contributed by atoms with Crippen LogP contribution < -0.4 is 26.8 Å². The molecule has 170 valence electrons. The van der Waals surface area contributed by atoms with Crippen molar-refractivity contribution < 1.29 is 13.9 Å². The Labute approximate surface area is 186 Å². The zero-order valence-electron chi connectivity index (χ0n) is 18.5. The summed E-state index contributed by atoms with van der Waals surface area (Å²) >= 11 is 0. The van der Waals surface area contributed by atoms with Crippen molar-refractivity contribution in [3.63, 3.8) is 0 Å². The van der Waals surface area contributed by atoms with Gasteiger partial charge in [-0.15, -0.1) is 0 Å². The van der Waals surface area contributed by atoms with E-state index in [-0.39, 0.29) is 29.3 Å². The number of ether oxygens (including phenoxy) is 1. The number of pyridine rings is 2. The van der Waals surface area contributed by atoms with Crippen LogP contribution in [0.25, 0.3) is 10.9 Å². The number of hydrogen-bond donors (Lipinski definition) is 4.